The van der Waals surface area contributed by atoms with Gasteiger partial charge in [0.1, 0.15) is 5.52 Å². The molecule has 0 amide bonds. The van der Waals surface area contributed by atoms with Crippen molar-refractivity contribution in [1.29, 1.82) is 0 Å². The summed E-state index contributed by atoms with van der Waals surface area (Å²) in [5.74, 6) is 2.21. The van der Waals surface area contributed by atoms with Crippen molar-refractivity contribution in [3.63, 3.8) is 0 Å². The highest BCUT2D eigenvalue weighted by molar-refractivity contribution is 5.79. The molecule has 3 fully saturated rings. The zero-order chi connectivity index (χ0) is 25.1. The summed E-state index contributed by atoms with van der Waals surface area (Å²) in [4.78, 5) is 11.9. The van der Waals surface area contributed by atoms with Crippen molar-refractivity contribution in [2.75, 3.05) is 26.3 Å². The Balaban J connectivity index is 1.17. The molecule has 2 saturated carbocycles. The lowest BCUT2D eigenvalue weighted by molar-refractivity contribution is 0.0151. The summed E-state index contributed by atoms with van der Waals surface area (Å²) in [6, 6.07) is 11.6. The van der Waals surface area contributed by atoms with E-state index in [2.05, 4.69) is 52.6 Å². The van der Waals surface area contributed by atoms with Crippen LogP contribution in [0.1, 0.15) is 63.0 Å². The molecule has 4 aromatic heterocycles. The Morgan fingerprint density at radius 2 is 1.76 bits per heavy atom. The molecule has 5 atom stereocenters. The van der Waals surface area contributed by atoms with E-state index < -0.39 is 0 Å². The molecule has 8 nitrogen and oxygen atoms in total. The maximum atomic E-state index is 5.57. The van der Waals surface area contributed by atoms with E-state index in [1.807, 2.05) is 41.5 Å². The summed E-state index contributed by atoms with van der Waals surface area (Å²) in [5.41, 5.74) is 6.33. The van der Waals surface area contributed by atoms with Gasteiger partial charge in [-0.05, 0) is 69.7 Å². The van der Waals surface area contributed by atoms with Gasteiger partial charge >= 0.3 is 0 Å². The maximum Gasteiger partial charge on any atom is 0.108 e. The van der Waals surface area contributed by atoms with Crippen LogP contribution in [0.4, 0.5) is 0 Å². The van der Waals surface area contributed by atoms with Crippen LogP contribution in [-0.2, 0) is 4.74 Å². The molecule has 0 radical (unpaired) electrons. The quantitative estimate of drug-likeness (QED) is 0.384. The van der Waals surface area contributed by atoms with E-state index in [4.69, 9.17) is 14.8 Å². The maximum absolute atomic E-state index is 5.57. The smallest absolute Gasteiger partial charge is 0.108 e. The van der Waals surface area contributed by atoms with Gasteiger partial charge in [0, 0.05) is 54.7 Å². The van der Waals surface area contributed by atoms with Crippen molar-refractivity contribution in [3.8, 4) is 11.3 Å². The molecule has 2 aliphatic carbocycles. The largest absolute Gasteiger partial charge is 0.379 e. The van der Waals surface area contributed by atoms with Gasteiger partial charge in [0.05, 0.1) is 42.4 Å². The van der Waals surface area contributed by atoms with E-state index >= 15 is 0 Å². The number of morpholine rings is 1. The molecule has 0 unspecified atom stereocenters. The summed E-state index contributed by atoms with van der Waals surface area (Å²) in [6.07, 6.45) is 8.24. The molecule has 192 valence electrons. The lowest BCUT2D eigenvalue weighted by Gasteiger charge is -2.33. The van der Waals surface area contributed by atoms with Crippen LogP contribution < -0.4 is 0 Å². The molecule has 5 heterocycles. The average Bonchev–Trinajstić information content (AvgIpc) is 3.36. The SMILES string of the molecule is CC(C)n1nc(-c2cnc3cnn([C@H](C)c4ccccn4)c3c2)cc1[C@H]1[C@@H]2C[C@@H](N3CCOCC3)C[C@@H]21. The molecule has 8 heteroatoms. The van der Waals surface area contributed by atoms with Gasteiger partial charge in [-0.15, -0.1) is 0 Å². The summed E-state index contributed by atoms with van der Waals surface area (Å²) < 4.78 is 9.86. The summed E-state index contributed by atoms with van der Waals surface area (Å²) in [6.45, 7) is 10.6. The summed E-state index contributed by atoms with van der Waals surface area (Å²) in [5, 5.41) is 9.77. The molecule has 4 aromatic rings. The van der Waals surface area contributed by atoms with Gasteiger partial charge in [-0.3, -0.25) is 24.2 Å². The third-order valence-corrected chi connectivity index (χ3v) is 8.80. The predicted octanol–water partition coefficient (Wildman–Crippen LogP) is 4.70. The molecule has 3 aliphatic rings. The number of hydrogen-bond acceptors (Lipinski definition) is 6. The number of fused-ring (bicyclic) bond motifs is 2. The first-order valence-corrected chi connectivity index (χ1v) is 13.7. The van der Waals surface area contributed by atoms with Crippen molar-refractivity contribution in [1.82, 2.24) is 34.4 Å². The van der Waals surface area contributed by atoms with Gasteiger partial charge in [0.25, 0.3) is 0 Å². The highest BCUT2D eigenvalue weighted by Gasteiger charge is 2.58. The van der Waals surface area contributed by atoms with Crippen LogP contribution in [-0.4, -0.2) is 66.8 Å². The molecule has 0 spiro atoms. The van der Waals surface area contributed by atoms with Crippen LogP contribution in [0.15, 0.2) is 48.9 Å². The normalized spacial score (nSPS) is 26.6. The summed E-state index contributed by atoms with van der Waals surface area (Å²) >= 11 is 0. The van der Waals surface area contributed by atoms with Crippen molar-refractivity contribution < 1.29 is 4.74 Å². The minimum Gasteiger partial charge on any atom is -0.379 e. The Bertz CT molecular complexity index is 1390. The zero-order valence-corrected chi connectivity index (χ0v) is 21.9. The minimum absolute atomic E-state index is 0.0183. The molecule has 1 saturated heterocycles. The number of hydrogen-bond donors (Lipinski definition) is 0. The number of nitrogens with zero attached hydrogens (tertiary/aromatic N) is 7. The molecule has 37 heavy (non-hydrogen) atoms. The van der Waals surface area contributed by atoms with E-state index in [0.717, 1.165) is 72.2 Å². The standard InChI is InChI=1S/C29H35N7O/c1-18(2)35-28(29-22-13-21(14-23(22)29)34-8-10-37-11-9-34)15-25(33-35)20-12-27-26(31-16-20)17-32-36(27)19(3)24-6-4-5-7-30-24/h4-7,12,15-19,21-23,29H,8-11,13-14H2,1-3H3/t19-,21-,22-,23+,29+/m1/s1. The first kappa shape index (κ1) is 23.0. The molecule has 1 aliphatic heterocycles. The Hall–Kier alpha value is -3.10. The predicted molar refractivity (Wildman–Crippen MR) is 142 cm³/mol. The van der Waals surface area contributed by atoms with Crippen molar-refractivity contribution >= 4 is 11.0 Å². The number of rotatable bonds is 6. The molecule has 0 aromatic carbocycles. The number of ether oxygens (including phenoxy) is 1. The van der Waals surface area contributed by atoms with Crippen LogP contribution in [0.2, 0.25) is 0 Å². The van der Waals surface area contributed by atoms with E-state index in [9.17, 15) is 0 Å². The zero-order valence-electron chi connectivity index (χ0n) is 21.9. The van der Waals surface area contributed by atoms with Crippen LogP contribution in [0.3, 0.4) is 0 Å². The topological polar surface area (TPSA) is 73.9 Å². The van der Waals surface area contributed by atoms with Gasteiger partial charge in [-0.25, -0.2) is 0 Å². The molecule has 0 bridgehead atoms. The first-order chi connectivity index (χ1) is 18.1. The van der Waals surface area contributed by atoms with Gasteiger partial charge in [-0.1, -0.05) is 6.07 Å². The molecule has 0 N–H and O–H groups in total. The fourth-order valence-electron chi connectivity index (χ4n) is 6.83. The van der Waals surface area contributed by atoms with Crippen LogP contribution in [0, 0.1) is 11.8 Å². The number of aromatic nitrogens is 6. The van der Waals surface area contributed by atoms with Crippen LogP contribution >= 0.6 is 0 Å². The van der Waals surface area contributed by atoms with E-state index in [-0.39, 0.29) is 6.04 Å². The van der Waals surface area contributed by atoms with Crippen LogP contribution in [0.25, 0.3) is 22.3 Å². The minimum atomic E-state index is 0.0183. The number of pyridine rings is 2. The van der Waals surface area contributed by atoms with Gasteiger partial charge in [0.15, 0.2) is 0 Å². The fraction of sp³-hybridized carbons (Fsp3) is 0.517. The molecule has 7 rings (SSSR count). The Morgan fingerprint density at radius 3 is 2.49 bits per heavy atom. The lowest BCUT2D eigenvalue weighted by Crippen LogP contribution is -2.43. The first-order valence-electron chi connectivity index (χ1n) is 13.7. The van der Waals surface area contributed by atoms with Crippen molar-refractivity contribution in [2.24, 2.45) is 11.8 Å². The third-order valence-electron chi connectivity index (χ3n) is 8.80. The highest BCUT2D eigenvalue weighted by atomic mass is 16.5. The van der Waals surface area contributed by atoms with Crippen molar-refractivity contribution in [3.05, 3.63) is 60.3 Å². The van der Waals surface area contributed by atoms with Crippen LogP contribution in [0.5, 0.6) is 0 Å². The van der Waals surface area contributed by atoms with Crippen molar-refractivity contribution in [2.45, 2.75) is 57.7 Å². The summed E-state index contributed by atoms with van der Waals surface area (Å²) in [7, 11) is 0. The van der Waals surface area contributed by atoms with Gasteiger partial charge < -0.3 is 4.74 Å². The molecular weight excluding hydrogens is 462 g/mol. The Morgan fingerprint density at radius 1 is 0.946 bits per heavy atom. The van der Waals surface area contributed by atoms with E-state index in [1.165, 1.54) is 18.5 Å². The second-order valence-corrected chi connectivity index (χ2v) is 11.3. The van der Waals surface area contributed by atoms with Gasteiger partial charge in [0.2, 0.25) is 0 Å². The molecular formula is C29H35N7O. The second-order valence-electron chi connectivity index (χ2n) is 11.3. The van der Waals surface area contributed by atoms with Gasteiger partial charge in [-0.2, -0.15) is 10.2 Å². The monoisotopic (exact) mass is 497 g/mol. The Kier molecular flexibility index (Phi) is 5.62. The Labute approximate surface area is 217 Å². The fourth-order valence-corrected chi connectivity index (χ4v) is 6.83. The average molecular weight is 498 g/mol. The third kappa shape index (κ3) is 3.97. The lowest BCUT2D eigenvalue weighted by atomic mass is 10.0. The highest BCUT2D eigenvalue weighted by Crippen LogP contribution is 2.64. The van der Waals surface area contributed by atoms with E-state index in [0.29, 0.717) is 12.0 Å². The van der Waals surface area contributed by atoms with E-state index in [1.54, 1.807) is 0 Å². The second kappa shape index (κ2) is 9.03.